The molecule has 1 aromatic heterocycles. The summed E-state index contributed by atoms with van der Waals surface area (Å²) in [7, 11) is 0. The fourth-order valence-electron chi connectivity index (χ4n) is 2.81. The Hall–Kier alpha value is -1.94. The minimum atomic E-state index is -0.947. The van der Waals surface area contributed by atoms with Crippen LogP contribution in [0.5, 0.6) is 0 Å². The monoisotopic (exact) mass is 313 g/mol. The Morgan fingerprint density at radius 2 is 1.91 bits per heavy atom. The van der Waals surface area contributed by atoms with Gasteiger partial charge in [-0.3, -0.25) is 4.98 Å². The van der Waals surface area contributed by atoms with Gasteiger partial charge in [0, 0.05) is 22.2 Å². The van der Waals surface area contributed by atoms with E-state index in [0.29, 0.717) is 10.6 Å². The number of aromatic nitrogens is 1. The van der Waals surface area contributed by atoms with Crippen LogP contribution in [0.25, 0.3) is 22.0 Å². The van der Waals surface area contributed by atoms with Gasteiger partial charge in [0.2, 0.25) is 0 Å². The lowest BCUT2D eigenvalue weighted by atomic mass is 9.90. The molecule has 1 heterocycles. The third-order valence-electron chi connectivity index (χ3n) is 3.78. The summed E-state index contributed by atoms with van der Waals surface area (Å²) in [5.74, 6) is 0. The molecule has 2 N–H and O–H groups in total. The smallest absolute Gasteiger partial charge is 0.103 e. The van der Waals surface area contributed by atoms with Gasteiger partial charge in [0.05, 0.1) is 12.1 Å². The molecule has 0 aliphatic carbocycles. The van der Waals surface area contributed by atoms with Gasteiger partial charge in [0.15, 0.2) is 0 Å². The maximum Gasteiger partial charge on any atom is 0.103 e. The molecule has 0 fully saturated rings. The van der Waals surface area contributed by atoms with Gasteiger partial charge in [-0.25, -0.2) is 0 Å². The maximum absolute atomic E-state index is 10.3. The minimum Gasteiger partial charge on any atom is -0.393 e. The van der Waals surface area contributed by atoms with E-state index in [1.807, 2.05) is 49.4 Å². The van der Waals surface area contributed by atoms with Gasteiger partial charge in [-0.15, -0.1) is 0 Å². The first-order chi connectivity index (χ1) is 10.6. The Balaban J connectivity index is 2.39. The van der Waals surface area contributed by atoms with Crippen LogP contribution in [0, 0.1) is 6.92 Å². The van der Waals surface area contributed by atoms with E-state index in [-0.39, 0.29) is 6.61 Å². The molecule has 2 aromatic carbocycles. The summed E-state index contributed by atoms with van der Waals surface area (Å²) in [6.45, 7) is 1.60. The number of aryl methyl sites for hydroxylation is 1. The lowest BCUT2D eigenvalue weighted by Crippen LogP contribution is -2.08. The van der Waals surface area contributed by atoms with E-state index in [9.17, 15) is 10.2 Å². The minimum absolute atomic E-state index is 0.334. The zero-order valence-electron chi connectivity index (χ0n) is 12.1. The second-order valence-electron chi connectivity index (χ2n) is 5.26. The quantitative estimate of drug-likeness (QED) is 0.771. The zero-order valence-corrected chi connectivity index (χ0v) is 12.9. The molecule has 3 rings (SSSR count). The van der Waals surface area contributed by atoms with Crippen LogP contribution in [0.15, 0.2) is 48.7 Å². The fraction of sp³-hybridized carbons (Fsp3) is 0.167. The Morgan fingerprint density at radius 1 is 1.18 bits per heavy atom. The van der Waals surface area contributed by atoms with Gasteiger partial charge in [-0.2, -0.15) is 0 Å². The SMILES string of the molecule is Cc1cc2cccnc2c(-c2ccc(Cl)cc2)c1[C@H](O)CO. The molecule has 3 nitrogen and oxygen atoms in total. The number of aliphatic hydroxyl groups excluding tert-OH is 2. The number of pyridine rings is 1. The highest BCUT2D eigenvalue weighted by atomic mass is 35.5. The molecule has 0 saturated carbocycles. The topological polar surface area (TPSA) is 53.4 Å². The first-order valence-corrected chi connectivity index (χ1v) is 7.42. The largest absolute Gasteiger partial charge is 0.393 e. The van der Waals surface area contributed by atoms with Gasteiger partial charge in [0.1, 0.15) is 6.10 Å². The van der Waals surface area contributed by atoms with Crippen molar-refractivity contribution >= 4 is 22.5 Å². The van der Waals surface area contributed by atoms with Gasteiger partial charge in [-0.1, -0.05) is 29.8 Å². The zero-order chi connectivity index (χ0) is 15.7. The van der Waals surface area contributed by atoms with E-state index in [1.54, 1.807) is 6.20 Å². The fourth-order valence-corrected chi connectivity index (χ4v) is 2.93. The van der Waals surface area contributed by atoms with Crippen molar-refractivity contribution in [2.24, 2.45) is 0 Å². The van der Waals surface area contributed by atoms with Crippen LogP contribution in [0.3, 0.4) is 0 Å². The van der Waals surface area contributed by atoms with Crippen molar-refractivity contribution in [2.75, 3.05) is 6.61 Å². The van der Waals surface area contributed by atoms with Gasteiger partial charge >= 0.3 is 0 Å². The normalized spacial score (nSPS) is 12.5. The third-order valence-corrected chi connectivity index (χ3v) is 4.03. The van der Waals surface area contributed by atoms with E-state index in [0.717, 1.165) is 27.6 Å². The lowest BCUT2D eigenvalue weighted by molar-refractivity contribution is 0.0956. The number of hydrogen-bond acceptors (Lipinski definition) is 3. The highest BCUT2D eigenvalue weighted by Gasteiger charge is 2.19. The summed E-state index contributed by atoms with van der Waals surface area (Å²) in [5.41, 5.74) is 4.19. The van der Waals surface area contributed by atoms with Crippen molar-refractivity contribution in [1.29, 1.82) is 0 Å². The summed E-state index contributed by atoms with van der Waals surface area (Å²) in [6, 6.07) is 13.3. The molecule has 0 amide bonds. The molecule has 0 spiro atoms. The average Bonchev–Trinajstić information content (AvgIpc) is 2.54. The molecule has 0 saturated heterocycles. The molecule has 22 heavy (non-hydrogen) atoms. The van der Waals surface area contributed by atoms with Crippen LogP contribution in [-0.2, 0) is 0 Å². The Labute approximate surface area is 133 Å². The Kier molecular flexibility index (Phi) is 4.12. The molecule has 0 radical (unpaired) electrons. The molecule has 4 heteroatoms. The van der Waals surface area contributed by atoms with E-state index >= 15 is 0 Å². The van der Waals surface area contributed by atoms with Crippen LogP contribution in [0.4, 0.5) is 0 Å². The second kappa shape index (κ2) is 6.05. The van der Waals surface area contributed by atoms with Crippen molar-refractivity contribution in [3.63, 3.8) is 0 Å². The number of hydrogen-bond donors (Lipinski definition) is 2. The molecule has 0 unspecified atom stereocenters. The van der Waals surface area contributed by atoms with Crippen molar-refractivity contribution in [1.82, 2.24) is 4.98 Å². The highest BCUT2D eigenvalue weighted by molar-refractivity contribution is 6.30. The average molecular weight is 314 g/mol. The second-order valence-corrected chi connectivity index (χ2v) is 5.70. The summed E-state index contributed by atoms with van der Waals surface area (Å²) in [5, 5.41) is 21.3. The summed E-state index contributed by atoms with van der Waals surface area (Å²) < 4.78 is 0. The maximum atomic E-state index is 10.3. The molecule has 0 aliphatic heterocycles. The Bertz CT molecular complexity index is 815. The summed E-state index contributed by atoms with van der Waals surface area (Å²) in [4.78, 5) is 4.47. The molecule has 3 aromatic rings. The molecule has 0 bridgehead atoms. The van der Waals surface area contributed by atoms with Crippen LogP contribution in [0.1, 0.15) is 17.2 Å². The number of nitrogens with zero attached hydrogens (tertiary/aromatic N) is 1. The number of rotatable bonds is 3. The molecular formula is C18H16ClNO2. The first kappa shape index (κ1) is 15.0. The van der Waals surface area contributed by atoms with Crippen LogP contribution >= 0.6 is 11.6 Å². The van der Waals surface area contributed by atoms with Gasteiger partial charge in [-0.05, 0) is 47.9 Å². The number of aliphatic hydroxyl groups is 2. The van der Waals surface area contributed by atoms with Crippen molar-refractivity contribution < 1.29 is 10.2 Å². The predicted molar refractivity (Wildman–Crippen MR) is 89.0 cm³/mol. The lowest BCUT2D eigenvalue weighted by Gasteiger charge is -2.19. The van der Waals surface area contributed by atoms with Crippen molar-refractivity contribution in [2.45, 2.75) is 13.0 Å². The molecular weight excluding hydrogens is 298 g/mol. The summed E-state index contributed by atoms with van der Waals surface area (Å²) in [6.07, 6.45) is 0.781. The standard InChI is InChI=1S/C18H16ClNO2/c1-11-9-13-3-2-8-20-18(13)17(16(11)15(22)10-21)12-4-6-14(19)7-5-12/h2-9,15,21-22H,10H2,1H3/t15-/m1/s1. The highest BCUT2D eigenvalue weighted by Crippen LogP contribution is 2.37. The van der Waals surface area contributed by atoms with Crippen molar-refractivity contribution in [3.05, 3.63) is 64.8 Å². The number of fused-ring (bicyclic) bond motifs is 1. The van der Waals surface area contributed by atoms with E-state index in [4.69, 9.17) is 11.6 Å². The van der Waals surface area contributed by atoms with Crippen LogP contribution in [-0.4, -0.2) is 21.8 Å². The van der Waals surface area contributed by atoms with Crippen LogP contribution in [0.2, 0.25) is 5.02 Å². The molecule has 112 valence electrons. The van der Waals surface area contributed by atoms with E-state index in [2.05, 4.69) is 4.98 Å². The van der Waals surface area contributed by atoms with Gasteiger partial charge in [0.25, 0.3) is 0 Å². The predicted octanol–water partition coefficient (Wildman–Crippen LogP) is 3.89. The summed E-state index contributed by atoms with van der Waals surface area (Å²) >= 11 is 5.97. The third kappa shape index (κ3) is 2.59. The van der Waals surface area contributed by atoms with Crippen LogP contribution < -0.4 is 0 Å². The molecule has 1 atom stereocenters. The number of benzene rings is 2. The van der Waals surface area contributed by atoms with Gasteiger partial charge < -0.3 is 10.2 Å². The molecule has 0 aliphatic rings. The first-order valence-electron chi connectivity index (χ1n) is 7.05. The van der Waals surface area contributed by atoms with E-state index < -0.39 is 6.10 Å². The Morgan fingerprint density at radius 3 is 2.59 bits per heavy atom. The van der Waals surface area contributed by atoms with E-state index in [1.165, 1.54) is 0 Å². The van der Waals surface area contributed by atoms with Crippen molar-refractivity contribution in [3.8, 4) is 11.1 Å². The number of halogens is 1.